The van der Waals surface area contributed by atoms with Crippen LogP contribution in [0.1, 0.15) is 62.5 Å². The van der Waals surface area contributed by atoms with Crippen LogP contribution in [0.5, 0.6) is 0 Å². The Morgan fingerprint density at radius 2 is 1.28 bits per heavy atom. The fourth-order valence-electron chi connectivity index (χ4n) is 0.778. The zero-order valence-electron chi connectivity index (χ0n) is 10.4. The molecule has 0 aromatic heterocycles. The maximum absolute atomic E-state index is 10.5. The van der Waals surface area contributed by atoms with E-state index in [4.69, 9.17) is 0 Å². The second-order valence-corrected chi connectivity index (χ2v) is 2.35. The van der Waals surface area contributed by atoms with Crippen molar-refractivity contribution in [2.75, 3.05) is 0 Å². The third kappa shape index (κ3) is 20.1. The summed E-state index contributed by atoms with van der Waals surface area (Å²) in [6.45, 7) is 9.54. The Labute approximate surface area is 116 Å². The highest BCUT2D eigenvalue weighted by atomic mass is 16.1. The number of rotatable bonds is 2. The summed E-state index contributed by atoms with van der Waals surface area (Å²) in [7, 11) is 0. The number of allylic oxidation sites excluding steroid dienone is 1. The Morgan fingerprint density at radius 1 is 0.889 bits per heavy atom. The Bertz CT molecular complexity index is 260. The quantitative estimate of drug-likeness (QED) is 0.570. The summed E-state index contributed by atoms with van der Waals surface area (Å²) in [6, 6.07) is 9.75. The molecular weight excluding hydrogens is 220 g/mol. The summed E-state index contributed by atoms with van der Waals surface area (Å²) in [5.74, 6) is 0.0776. The van der Waals surface area contributed by atoms with E-state index in [9.17, 15) is 4.79 Å². The lowest BCUT2D eigenvalue weighted by Gasteiger charge is -1.88. The first-order chi connectivity index (χ1) is 7.29. The Hall–Kier alpha value is -1.37. The average molecular weight is 254 g/mol. The summed E-state index contributed by atoms with van der Waals surface area (Å²) < 4.78 is 0. The van der Waals surface area contributed by atoms with Gasteiger partial charge in [-0.15, -0.1) is 0 Å². The van der Waals surface area contributed by atoms with Gasteiger partial charge >= 0.3 is 0 Å². The molecule has 0 atom stereocenters. The first-order valence-corrected chi connectivity index (χ1v) is 5.53. The van der Waals surface area contributed by atoms with E-state index in [1.54, 1.807) is 13.0 Å². The molecule has 1 nitrogen and oxygen atoms in total. The lowest BCUT2D eigenvalue weighted by molar-refractivity contribution is -0.112. The van der Waals surface area contributed by atoms with Crippen molar-refractivity contribution in [3.05, 3.63) is 42.0 Å². The van der Waals surface area contributed by atoms with Gasteiger partial charge in [0.2, 0.25) is 0 Å². The predicted molar refractivity (Wildman–Crippen MR) is 89.0 cm³/mol. The van der Waals surface area contributed by atoms with Crippen LogP contribution < -0.4 is 0 Å². The van der Waals surface area contributed by atoms with Gasteiger partial charge in [-0.25, -0.2) is 0 Å². The minimum Gasteiger partial charge on any atom is -0.295 e. The lowest BCUT2D eigenvalue weighted by Crippen LogP contribution is -1.79. The van der Waals surface area contributed by atoms with E-state index in [1.807, 2.05) is 64.1 Å². The normalized spacial score (nSPS) is 6.94. The topological polar surface area (TPSA) is 17.1 Å². The minimum atomic E-state index is 0. The van der Waals surface area contributed by atoms with Crippen molar-refractivity contribution in [2.24, 2.45) is 0 Å². The molecule has 0 spiro atoms. The zero-order chi connectivity index (χ0) is 12.1. The molecule has 1 aromatic carbocycles. The molecule has 0 bridgehead atoms. The van der Waals surface area contributed by atoms with Crippen LogP contribution in [-0.2, 0) is 4.79 Å². The number of hydrogen-bond donors (Lipinski definition) is 0. The molecule has 108 valence electrons. The molecule has 0 N–H and O–H groups in total. The largest absolute Gasteiger partial charge is 0.295 e. The zero-order valence-corrected chi connectivity index (χ0v) is 10.4. The molecule has 0 saturated heterocycles. The van der Waals surface area contributed by atoms with Gasteiger partial charge in [-0.1, -0.05) is 86.4 Å². The number of ketones is 1. The summed E-state index contributed by atoms with van der Waals surface area (Å²) >= 11 is 0. The maximum atomic E-state index is 10.5. The van der Waals surface area contributed by atoms with Gasteiger partial charge in [-0.3, -0.25) is 4.79 Å². The molecule has 0 aliphatic carbocycles. The summed E-state index contributed by atoms with van der Waals surface area (Å²) in [5.41, 5.74) is 1.06. The van der Waals surface area contributed by atoms with E-state index in [0.29, 0.717) is 0 Å². The molecule has 0 saturated carbocycles. The molecule has 0 aliphatic rings. The fraction of sp³-hybridized carbons (Fsp3) is 0.471. The predicted octanol–water partition coefficient (Wildman–Crippen LogP) is 6.25. The molecule has 0 unspecified atom stereocenters. The lowest BCUT2D eigenvalue weighted by atomic mass is 10.2. The summed E-state index contributed by atoms with van der Waals surface area (Å²) in [6.07, 6.45) is 3.37. The van der Waals surface area contributed by atoms with Crippen LogP contribution in [0.2, 0.25) is 0 Å². The van der Waals surface area contributed by atoms with Crippen LogP contribution in [-0.4, -0.2) is 5.78 Å². The van der Waals surface area contributed by atoms with Gasteiger partial charge in [0.15, 0.2) is 5.78 Å². The van der Waals surface area contributed by atoms with Gasteiger partial charge in [-0.2, -0.15) is 0 Å². The van der Waals surface area contributed by atoms with Crippen molar-refractivity contribution in [3.63, 3.8) is 0 Å². The molecule has 0 amide bonds. The summed E-state index contributed by atoms with van der Waals surface area (Å²) in [5, 5.41) is 0. The third-order valence-electron chi connectivity index (χ3n) is 1.31. The van der Waals surface area contributed by atoms with Crippen molar-refractivity contribution >= 4 is 11.9 Å². The van der Waals surface area contributed by atoms with Crippen LogP contribution in [0.25, 0.3) is 6.08 Å². The highest BCUT2D eigenvalue weighted by Crippen LogP contribution is 2.00. The van der Waals surface area contributed by atoms with Crippen LogP contribution in [0, 0.1) is 0 Å². The van der Waals surface area contributed by atoms with Crippen LogP contribution in [0.4, 0.5) is 0 Å². The highest BCUT2D eigenvalue weighted by Gasteiger charge is 1.83. The van der Waals surface area contributed by atoms with Gasteiger partial charge in [0, 0.05) is 0 Å². The minimum absolute atomic E-state index is 0. The highest BCUT2D eigenvalue weighted by molar-refractivity contribution is 5.91. The number of hydrogen-bond acceptors (Lipinski definition) is 1. The van der Waals surface area contributed by atoms with E-state index in [0.717, 1.165) is 5.56 Å². The second kappa shape index (κ2) is 24.7. The van der Waals surface area contributed by atoms with E-state index in [-0.39, 0.29) is 28.1 Å². The summed E-state index contributed by atoms with van der Waals surface area (Å²) in [4.78, 5) is 10.5. The first-order valence-electron chi connectivity index (χ1n) is 5.53. The average Bonchev–Trinajstić information content (AvgIpc) is 2.33. The van der Waals surface area contributed by atoms with Gasteiger partial charge in [0.1, 0.15) is 0 Å². The van der Waals surface area contributed by atoms with Gasteiger partial charge in [-0.05, 0) is 18.6 Å². The van der Waals surface area contributed by atoms with Crippen molar-refractivity contribution in [1.29, 1.82) is 0 Å². The Balaban J connectivity index is -0.0000000735. The van der Waals surface area contributed by atoms with Gasteiger partial charge in [0.05, 0.1) is 0 Å². The SMILES string of the molecule is C.C.C.CC.CC.CC(=O)C=Cc1ccccc1. The fourth-order valence-corrected chi connectivity index (χ4v) is 0.778. The Morgan fingerprint density at radius 3 is 1.61 bits per heavy atom. The Kier molecular flexibility index (Phi) is 41.3. The smallest absolute Gasteiger partial charge is 0.152 e. The monoisotopic (exact) mass is 254 g/mol. The third-order valence-corrected chi connectivity index (χ3v) is 1.31. The molecule has 1 rings (SSSR count). The van der Waals surface area contributed by atoms with Crippen LogP contribution in [0.15, 0.2) is 36.4 Å². The number of benzene rings is 1. The first kappa shape index (κ1) is 30.0. The van der Waals surface area contributed by atoms with E-state index < -0.39 is 0 Å². The van der Waals surface area contributed by atoms with Crippen molar-refractivity contribution < 1.29 is 4.79 Å². The molecule has 0 radical (unpaired) electrons. The molecule has 0 fully saturated rings. The van der Waals surface area contributed by atoms with Crippen molar-refractivity contribution in [3.8, 4) is 0 Å². The number of carbonyl (C=O) groups is 1. The van der Waals surface area contributed by atoms with E-state index in [2.05, 4.69) is 0 Å². The van der Waals surface area contributed by atoms with E-state index >= 15 is 0 Å². The molecule has 18 heavy (non-hydrogen) atoms. The van der Waals surface area contributed by atoms with Crippen molar-refractivity contribution in [2.45, 2.75) is 56.9 Å². The van der Waals surface area contributed by atoms with Crippen molar-refractivity contribution in [1.82, 2.24) is 0 Å². The maximum Gasteiger partial charge on any atom is 0.152 e. The van der Waals surface area contributed by atoms with Gasteiger partial charge < -0.3 is 0 Å². The number of carbonyl (C=O) groups excluding carboxylic acids is 1. The van der Waals surface area contributed by atoms with Crippen LogP contribution >= 0.6 is 0 Å². The van der Waals surface area contributed by atoms with Crippen LogP contribution in [0.3, 0.4) is 0 Å². The standard InChI is InChI=1S/C10H10O.2C2H6.3CH4/c1-9(11)7-8-10-5-3-2-4-6-10;2*1-2;;;/h2-8H,1H3;2*1-2H3;3*1H4. The second-order valence-electron chi connectivity index (χ2n) is 2.35. The van der Waals surface area contributed by atoms with Gasteiger partial charge in [0.25, 0.3) is 0 Å². The molecule has 0 heterocycles. The molecule has 1 aromatic rings. The molecule has 0 aliphatic heterocycles. The van der Waals surface area contributed by atoms with E-state index in [1.165, 1.54) is 0 Å². The molecule has 1 heteroatoms. The molecular formula is C17H34O.